The second kappa shape index (κ2) is 3.26. The Labute approximate surface area is 89.9 Å². The maximum absolute atomic E-state index is 11.2. The summed E-state index contributed by atoms with van der Waals surface area (Å²) in [5.74, 6) is 0.0814. The van der Waals surface area contributed by atoms with Gasteiger partial charge in [0.05, 0.1) is 6.42 Å². The van der Waals surface area contributed by atoms with E-state index in [1.54, 1.807) is 0 Å². The molecular weight excluding hydrogens is 188 g/mol. The van der Waals surface area contributed by atoms with Crippen LogP contribution in [0.4, 0.5) is 11.4 Å². The maximum Gasteiger partial charge on any atom is 0.228 e. The van der Waals surface area contributed by atoms with Crippen molar-refractivity contribution >= 4 is 17.3 Å². The van der Waals surface area contributed by atoms with Gasteiger partial charge in [-0.15, -0.1) is 0 Å². The molecule has 0 bridgehead atoms. The highest BCUT2D eigenvalue weighted by atomic mass is 16.1. The Hall–Kier alpha value is -1.51. The lowest BCUT2D eigenvalue weighted by atomic mass is 10.1. The Kier molecular flexibility index (Phi) is 2.18. The zero-order valence-electron chi connectivity index (χ0n) is 9.35. The number of fused-ring (bicyclic) bond motifs is 1. The lowest BCUT2D eigenvalue weighted by Gasteiger charge is -2.22. The fourth-order valence-corrected chi connectivity index (χ4v) is 1.73. The lowest BCUT2D eigenvalue weighted by Crippen LogP contribution is -2.25. The molecule has 1 aromatic carbocycles. The first kappa shape index (κ1) is 10.0. The summed E-state index contributed by atoms with van der Waals surface area (Å²) >= 11 is 0. The van der Waals surface area contributed by atoms with Gasteiger partial charge in [-0.3, -0.25) is 4.79 Å². The number of benzene rings is 1. The number of amides is 1. The van der Waals surface area contributed by atoms with E-state index in [2.05, 4.69) is 31.4 Å². The average molecular weight is 204 g/mol. The van der Waals surface area contributed by atoms with Gasteiger partial charge in [0.2, 0.25) is 5.91 Å². The Bertz CT molecular complexity index is 405. The van der Waals surface area contributed by atoms with E-state index < -0.39 is 0 Å². The van der Waals surface area contributed by atoms with Gasteiger partial charge in [-0.1, -0.05) is 6.07 Å². The molecule has 2 N–H and O–H groups in total. The number of hydrogen-bond acceptors (Lipinski definition) is 2. The Balaban J connectivity index is 2.24. The molecule has 1 aliphatic heterocycles. The van der Waals surface area contributed by atoms with E-state index in [9.17, 15) is 4.79 Å². The topological polar surface area (TPSA) is 41.1 Å². The summed E-state index contributed by atoms with van der Waals surface area (Å²) in [6.45, 7) is 6.33. The van der Waals surface area contributed by atoms with Gasteiger partial charge in [-0.05, 0) is 38.5 Å². The molecule has 0 saturated heterocycles. The summed E-state index contributed by atoms with van der Waals surface area (Å²) in [5.41, 5.74) is 3.11. The molecular formula is C12H16N2O. The van der Waals surface area contributed by atoms with Crippen molar-refractivity contribution in [1.29, 1.82) is 0 Å². The molecule has 0 radical (unpaired) electrons. The zero-order chi connectivity index (χ0) is 11.1. The molecule has 1 aliphatic rings. The average Bonchev–Trinajstić information content (AvgIpc) is 2.40. The highest BCUT2D eigenvalue weighted by Gasteiger charge is 2.18. The molecule has 0 unspecified atom stereocenters. The van der Waals surface area contributed by atoms with Crippen LogP contribution in [0.2, 0.25) is 0 Å². The van der Waals surface area contributed by atoms with Crippen molar-refractivity contribution in [3.8, 4) is 0 Å². The fraction of sp³-hybridized carbons (Fsp3) is 0.417. The number of carbonyl (C=O) groups excluding carboxylic acids is 1. The number of rotatable bonds is 1. The van der Waals surface area contributed by atoms with Crippen LogP contribution in [0.1, 0.15) is 26.3 Å². The van der Waals surface area contributed by atoms with Crippen LogP contribution in [-0.2, 0) is 11.2 Å². The second-order valence-electron chi connectivity index (χ2n) is 4.97. The number of carbonyl (C=O) groups is 1. The van der Waals surface area contributed by atoms with Crippen molar-refractivity contribution < 1.29 is 4.79 Å². The van der Waals surface area contributed by atoms with E-state index in [0.29, 0.717) is 6.42 Å². The summed E-state index contributed by atoms with van der Waals surface area (Å²) in [6, 6.07) is 6.01. The van der Waals surface area contributed by atoms with Crippen LogP contribution in [0.15, 0.2) is 18.2 Å². The highest BCUT2D eigenvalue weighted by Crippen LogP contribution is 2.27. The summed E-state index contributed by atoms with van der Waals surface area (Å²) in [4.78, 5) is 11.2. The molecule has 15 heavy (non-hydrogen) atoms. The maximum atomic E-state index is 11.2. The molecule has 2 rings (SSSR count). The predicted molar refractivity (Wildman–Crippen MR) is 62.2 cm³/mol. The van der Waals surface area contributed by atoms with Crippen LogP contribution in [0, 0.1) is 0 Å². The van der Waals surface area contributed by atoms with Crippen molar-refractivity contribution in [2.45, 2.75) is 32.7 Å². The van der Waals surface area contributed by atoms with Crippen LogP contribution in [0.3, 0.4) is 0 Å². The largest absolute Gasteiger partial charge is 0.380 e. The predicted octanol–water partition coefficient (Wildman–Crippen LogP) is 2.39. The first-order valence-electron chi connectivity index (χ1n) is 5.15. The summed E-state index contributed by atoms with van der Waals surface area (Å²) in [6.07, 6.45) is 0.505. The summed E-state index contributed by atoms with van der Waals surface area (Å²) in [7, 11) is 0. The molecule has 0 atom stereocenters. The van der Waals surface area contributed by atoms with E-state index in [1.807, 2.05) is 18.2 Å². The molecule has 1 amide bonds. The number of anilines is 2. The van der Waals surface area contributed by atoms with Crippen molar-refractivity contribution in [3.63, 3.8) is 0 Å². The molecule has 0 saturated carbocycles. The van der Waals surface area contributed by atoms with E-state index in [1.165, 1.54) is 0 Å². The van der Waals surface area contributed by atoms with Gasteiger partial charge in [-0.2, -0.15) is 0 Å². The zero-order valence-corrected chi connectivity index (χ0v) is 9.35. The van der Waals surface area contributed by atoms with E-state index >= 15 is 0 Å². The summed E-state index contributed by atoms with van der Waals surface area (Å²) < 4.78 is 0. The molecule has 0 aromatic heterocycles. The van der Waals surface area contributed by atoms with Crippen molar-refractivity contribution in [1.82, 2.24) is 0 Å². The first-order chi connectivity index (χ1) is 6.94. The van der Waals surface area contributed by atoms with Gasteiger partial charge in [0.1, 0.15) is 0 Å². The molecule has 3 heteroatoms. The molecule has 3 nitrogen and oxygen atoms in total. The minimum atomic E-state index is 0.0385. The molecule has 0 spiro atoms. The fourth-order valence-electron chi connectivity index (χ4n) is 1.73. The van der Waals surface area contributed by atoms with E-state index in [0.717, 1.165) is 16.9 Å². The quantitative estimate of drug-likeness (QED) is 0.737. The number of nitrogens with one attached hydrogen (secondary N) is 2. The molecule has 1 heterocycles. The normalized spacial score (nSPS) is 14.7. The third kappa shape index (κ3) is 2.29. The van der Waals surface area contributed by atoms with Gasteiger partial charge < -0.3 is 10.6 Å². The van der Waals surface area contributed by atoms with Gasteiger partial charge in [0.25, 0.3) is 0 Å². The van der Waals surface area contributed by atoms with Crippen molar-refractivity contribution in [2.24, 2.45) is 0 Å². The standard InChI is InChI=1S/C12H16N2O/c1-12(2,3)14-9-5-4-8-6-11(15)13-10(8)7-9/h4-5,7,14H,6H2,1-3H3,(H,13,15). The second-order valence-corrected chi connectivity index (χ2v) is 4.97. The van der Waals surface area contributed by atoms with Gasteiger partial charge in [0.15, 0.2) is 0 Å². The monoisotopic (exact) mass is 204 g/mol. The van der Waals surface area contributed by atoms with Crippen LogP contribution in [0.5, 0.6) is 0 Å². The minimum Gasteiger partial charge on any atom is -0.380 e. The van der Waals surface area contributed by atoms with Crippen LogP contribution >= 0.6 is 0 Å². The third-order valence-corrected chi connectivity index (χ3v) is 2.25. The van der Waals surface area contributed by atoms with Gasteiger partial charge in [0, 0.05) is 16.9 Å². The third-order valence-electron chi connectivity index (χ3n) is 2.25. The first-order valence-corrected chi connectivity index (χ1v) is 5.15. The van der Waals surface area contributed by atoms with Crippen molar-refractivity contribution in [2.75, 3.05) is 10.6 Å². The van der Waals surface area contributed by atoms with Crippen LogP contribution in [0.25, 0.3) is 0 Å². The van der Waals surface area contributed by atoms with Gasteiger partial charge in [-0.25, -0.2) is 0 Å². The van der Waals surface area contributed by atoms with Gasteiger partial charge >= 0.3 is 0 Å². The van der Waals surface area contributed by atoms with E-state index in [-0.39, 0.29) is 11.4 Å². The lowest BCUT2D eigenvalue weighted by molar-refractivity contribution is -0.115. The number of hydrogen-bond donors (Lipinski definition) is 2. The summed E-state index contributed by atoms with van der Waals surface area (Å²) in [5, 5.41) is 6.22. The van der Waals surface area contributed by atoms with Crippen LogP contribution in [-0.4, -0.2) is 11.4 Å². The molecule has 0 fully saturated rings. The Morgan fingerprint density at radius 3 is 2.73 bits per heavy atom. The van der Waals surface area contributed by atoms with Crippen molar-refractivity contribution in [3.05, 3.63) is 23.8 Å². The molecule has 1 aromatic rings. The smallest absolute Gasteiger partial charge is 0.228 e. The van der Waals surface area contributed by atoms with Crippen LogP contribution < -0.4 is 10.6 Å². The highest BCUT2D eigenvalue weighted by molar-refractivity contribution is 5.99. The molecule has 0 aliphatic carbocycles. The SMILES string of the molecule is CC(C)(C)Nc1ccc2c(c1)NC(=O)C2. The minimum absolute atomic E-state index is 0.0385. The Morgan fingerprint density at radius 1 is 1.33 bits per heavy atom. The Morgan fingerprint density at radius 2 is 2.07 bits per heavy atom. The molecule has 80 valence electrons. The van der Waals surface area contributed by atoms with E-state index in [4.69, 9.17) is 0 Å².